The molecule has 58 valence electrons. The van der Waals surface area contributed by atoms with E-state index in [0.29, 0.717) is 0 Å². The maximum absolute atomic E-state index is 8.93. The first kappa shape index (κ1) is 11.2. The lowest BCUT2D eigenvalue weighted by Gasteiger charge is -1.97. The zero-order valence-electron chi connectivity index (χ0n) is 4.95. The standard InChI is InChI=1S/C2H2O4.C2H4O2/c3-1(4)2(5)6;1-2(3)4/h(H,3,4)(H,5,6);1H3,(H,3,4)/p-3. The molecule has 0 amide bonds. The van der Waals surface area contributed by atoms with Crippen molar-refractivity contribution >= 4 is 17.9 Å². The first-order chi connectivity index (χ1) is 4.37. The summed E-state index contributed by atoms with van der Waals surface area (Å²) < 4.78 is 0. The van der Waals surface area contributed by atoms with E-state index in [1.165, 1.54) is 0 Å². The van der Waals surface area contributed by atoms with Crippen molar-refractivity contribution in [1.82, 2.24) is 0 Å². The minimum absolute atomic E-state index is 0.972. The molecule has 0 saturated carbocycles. The van der Waals surface area contributed by atoms with E-state index in [-0.39, 0.29) is 0 Å². The van der Waals surface area contributed by atoms with E-state index in [4.69, 9.17) is 29.7 Å². The van der Waals surface area contributed by atoms with Gasteiger partial charge in [0.05, 0.1) is 11.9 Å². The Labute approximate surface area is 55.7 Å². The molecule has 0 aromatic heterocycles. The van der Waals surface area contributed by atoms with Crippen LogP contribution in [-0.4, -0.2) is 17.9 Å². The highest BCUT2D eigenvalue weighted by molar-refractivity contribution is 6.25. The van der Waals surface area contributed by atoms with Crippen molar-refractivity contribution < 1.29 is 29.7 Å². The average Bonchev–Trinajstić information content (AvgIpc) is 1.63. The highest BCUT2D eigenvalue weighted by atomic mass is 16.4. The predicted molar refractivity (Wildman–Crippen MR) is 20.7 cm³/mol. The van der Waals surface area contributed by atoms with Crippen LogP contribution in [-0.2, 0) is 14.4 Å². The molecule has 0 rings (SSSR count). The smallest absolute Gasteiger partial charge is 0.0870 e. The molecule has 0 spiro atoms. The SMILES string of the molecule is CC(=O)[O-].O=C([O-])C(=O)[O-]. The van der Waals surface area contributed by atoms with E-state index in [1.807, 2.05) is 0 Å². The van der Waals surface area contributed by atoms with E-state index >= 15 is 0 Å². The van der Waals surface area contributed by atoms with E-state index in [0.717, 1.165) is 6.92 Å². The second kappa shape index (κ2) is 5.54. The Morgan fingerprint density at radius 2 is 1.00 bits per heavy atom. The lowest BCUT2D eigenvalue weighted by molar-refractivity contribution is -0.345. The third kappa shape index (κ3) is 32.3. The quantitative estimate of drug-likeness (QED) is 0.317. The van der Waals surface area contributed by atoms with Crippen LogP contribution < -0.4 is 15.3 Å². The fourth-order valence-electron chi connectivity index (χ4n) is 0. The molecule has 0 fully saturated rings. The lowest BCUT2D eigenvalue weighted by Crippen LogP contribution is -2.42. The van der Waals surface area contributed by atoms with Gasteiger partial charge in [-0.25, -0.2) is 0 Å². The number of hydrogen-bond donors (Lipinski definition) is 0. The van der Waals surface area contributed by atoms with Crippen LogP contribution >= 0.6 is 0 Å². The van der Waals surface area contributed by atoms with E-state index in [9.17, 15) is 0 Å². The van der Waals surface area contributed by atoms with Crippen LogP contribution in [0.1, 0.15) is 6.92 Å². The summed E-state index contributed by atoms with van der Waals surface area (Å²) >= 11 is 0. The van der Waals surface area contributed by atoms with Crippen LogP contribution in [0.5, 0.6) is 0 Å². The molecule has 0 aromatic carbocycles. The molecule has 0 radical (unpaired) electrons. The number of carbonyl (C=O) groups is 3. The molecule has 0 heterocycles. The van der Waals surface area contributed by atoms with Gasteiger partial charge in [0.25, 0.3) is 0 Å². The van der Waals surface area contributed by atoms with Gasteiger partial charge >= 0.3 is 0 Å². The molecule has 6 heteroatoms. The zero-order valence-corrected chi connectivity index (χ0v) is 4.95. The number of carboxylic acids is 3. The summed E-state index contributed by atoms with van der Waals surface area (Å²) in [5, 5.41) is 26.7. The van der Waals surface area contributed by atoms with Gasteiger partial charge in [0.15, 0.2) is 0 Å². The van der Waals surface area contributed by atoms with Crippen LogP contribution in [0.2, 0.25) is 0 Å². The Morgan fingerprint density at radius 3 is 1.00 bits per heavy atom. The van der Waals surface area contributed by atoms with Crippen molar-refractivity contribution in [3.8, 4) is 0 Å². The second-order valence-corrected chi connectivity index (χ2v) is 1.07. The average molecular weight is 147 g/mol. The molecule has 0 aliphatic heterocycles. The predicted octanol–water partition coefficient (Wildman–Crippen LogP) is -4.76. The topological polar surface area (TPSA) is 120 Å². The molecular formula is C4H3O6-3. The Bertz CT molecular complexity index is 132. The minimum Gasteiger partial charge on any atom is -0.550 e. The number of carbonyl (C=O) groups excluding carboxylic acids is 3. The molecule has 0 unspecified atom stereocenters. The normalized spacial score (nSPS) is 6.90. The largest absolute Gasteiger partial charge is 0.550 e. The molecule has 0 atom stereocenters. The Kier molecular flexibility index (Phi) is 6.23. The Morgan fingerprint density at radius 1 is 0.900 bits per heavy atom. The summed E-state index contributed by atoms with van der Waals surface area (Å²) in [6.45, 7) is 0.972. The number of aliphatic carboxylic acids is 3. The molecule has 6 nitrogen and oxygen atoms in total. The molecule has 0 N–H and O–H groups in total. The molecule has 10 heavy (non-hydrogen) atoms. The zero-order chi connectivity index (χ0) is 8.73. The lowest BCUT2D eigenvalue weighted by atomic mass is 10.7. The van der Waals surface area contributed by atoms with Crippen LogP contribution in [0, 0.1) is 0 Å². The van der Waals surface area contributed by atoms with Gasteiger partial charge in [-0.15, -0.1) is 0 Å². The van der Waals surface area contributed by atoms with Gasteiger partial charge in [-0.05, 0) is 6.92 Å². The molecular weight excluding hydrogens is 144 g/mol. The fourth-order valence-corrected chi connectivity index (χ4v) is 0. The Balaban J connectivity index is 0. The van der Waals surface area contributed by atoms with Crippen molar-refractivity contribution in [1.29, 1.82) is 0 Å². The van der Waals surface area contributed by atoms with E-state index in [2.05, 4.69) is 0 Å². The molecule has 0 aliphatic carbocycles. The van der Waals surface area contributed by atoms with Crippen LogP contribution in [0.15, 0.2) is 0 Å². The summed E-state index contributed by atoms with van der Waals surface area (Å²) in [5.41, 5.74) is 0. The van der Waals surface area contributed by atoms with Gasteiger partial charge in [0.1, 0.15) is 0 Å². The van der Waals surface area contributed by atoms with Crippen molar-refractivity contribution in [3.05, 3.63) is 0 Å². The summed E-state index contributed by atoms with van der Waals surface area (Å²) in [6.07, 6.45) is 0. The van der Waals surface area contributed by atoms with Gasteiger partial charge in [0, 0.05) is 5.97 Å². The molecule has 0 saturated heterocycles. The summed E-state index contributed by atoms with van der Waals surface area (Å²) in [6, 6.07) is 0. The first-order valence-corrected chi connectivity index (χ1v) is 1.97. The van der Waals surface area contributed by atoms with Gasteiger partial charge < -0.3 is 29.7 Å². The van der Waals surface area contributed by atoms with Crippen molar-refractivity contribution in [2.24, 2.45) is 0 Å². The highest BCUT2D eigenvalue weighted by Crippen LogP contribution is 1.41. The third-order valence-electron chi connectivity index (χ3n) is 0.167. The monoisotopic (exact) mass is 147 g/mol. The van der Waals surface area contributed by atoms with Gasteiger partial charge in [-0.1, -0.05) is 0 Å². The van der Waals surface area contributed by atoms with E-state index < -0.39 is 17.9 Å². The van der Waals surface area contributed by atoms with Gasteiger partial charge in [0.2, 0.25) is 0 Å². The van der Waals surface area contributed by atoms with Crippen LogP contribution in [0.3, 0.4) is 0 Å². The maximum atomic E-state index is 8.93. The minimum atomic E-state index is -2.19. The number of carboxylic acid groups (broad SMARTS) is 3. The summed E-state index contributed by atoms with van der Waals surface area (Å²) in [5.74, 6) is -5.45. The maximum Gasteiger partial charge on any atom is 0.0870 e. The summed E-state index contributed by atoms with van der Waals surface area (Å²) in [4.78, 5) is 26.7. The second-order valence-electron chi connectivity index (χ2n) is 1.07. The van der Waals surface area contributed by atoms with Gasteiger partial charge in [-0.2, -0.15) is 0 Å². The van der Waals surface area contributed by atoms with Crippen LogP contribution in [0.4, 0.5) is 0 Å². The molecule has 0 aliphatic rings. The van der Waals surface area contributed by atoms with E-state index in [1.54, 1.807) is 0 Å². The number of rotatable bonds is 0. The fraction of sp³-hybridized carbons (Fsp3) is 0.250. The first-order valence-electron chi connectivity index (χ1n) is 1.97. The molecule has 0 bridgehead atoms. The van der Waals surface area contributed by atoms with Crippen molar-refractivity contribution in [2.45, 2.75) is 6.92 Å². The molecule has 0 aromatic rings. The highest BCUT2D eigenvalue weighted by Gasteiger charge is 1.74. The third-order valence-corrected chi connectivity index (χ3v) is 0.167. The summed E-state index contributed by atoms with van der Waals surface area (Å²) in [7, 11) is 0. The number of hydrogen-bond acceptors (Lipinski definition) is 6. The van der Waals surface area contributed by atoms with Crippen molar-refractivity contribution in [2.75, 3.05) is 0 Å². The Hall–Kier alpha value is -1.59. The van der Waals surface area contributed by atoms with Crippen molar-refractivity contribution in [3.63, 3.8) is 0 Å². The van der Waals surface area contributed by atoms with Gasteiger partial charge in [-0.3, -0.25) is 0 Å². The van der Waals surface area contributed by atoms with Crippen LogP contribution in [0.25, 0.3) is 0 Å².